The minimum Gasteiger partial charge on any atom is -0.306 e. The molecule has 0 aliphatic heterocycles. The van der Waals surface area contributed by atoms with E-state index >= 15 is 0 Å². The molecule has 0 N–H and O–H groups in total. The Labute approximate surface area is 121 Å². The van der Waals surface area contributed by atoms with Crippen LogP contribution < -0.4 is 0 Å². The van der Waals surface area contributed by atoms with Crippen LogP contribution in [0.4, 0.5) is 17.6 Å². The lowest BCUT2D eigenvalue weighted by atomic mass is 10.1. The summed E-state index contributed by atoms with van der Waals surface area (Å²) in [6.07, 6.45) is -2.18. The zero-order valence-corrected chi connectivity index (χ0v) is 11.1. The van der Waals surface area contributed by atoms with Crippen LogP contribution in [0, 0.1) is 5.82 Å². The number of nitrogens with zero attached hydrogens (tertiary/aromatic N) is 2. The van der Waals surface area contributed by atoms with Crippen molar-refractivity contribution < 1.29 is 17.6 Å². The summed E-state index contributed by atoms with van der Waals surface area (Å²) in [5, 5.41) is 0.236. The number of imidazole rings is 1. The second-order valence-corrected chi connectivity index (χ2v) is 4.87. The first kappa shape index (κ1) is 13.9. The van der Waals surface area contributed by atoms with Gasteiger partial charge < -0.3 is 4.40 Å². The Morgan fingerprint density at radius 2 is 1.81 bits per heavy atom. The third kappa shape index (κ3) is 2.58. The van der Waals surface area contributed by atoms with Crippen molar-refractivity contribution in [3.05, 3.63) is 59.1 Å². The molecule has 0 radical (unpaired) electrons. The van der Waals surface area contributed by atoms with Crippen molar-refractivity contribution in [2.24, 2.45) is 0 Å². The van der Waals surface area contributed by atoms with Gasteiger partial charge in [0.05, 0.1) is 11.3 Å². The van der Waals surface area contributed by atoms with Crippen LogP contribution in [0.5, 0.6) is 0 Å². The van der Waals surface area contributed by atoms with Crippen molar-refractivity contribution in [3.63, 3.8) is 0 Å². The van der Waals surface area contributed by atoms with Gasteiger partial charge in [0.2, 0.25) is 0 Å². The van der Waals surface area contributed by atoms with Gasteiger partial charge >= 0.3 is 6.18 Å². The first-order chi connectivity index (χ1) is 9.84. The molecular weight excluding hydrogens is 308 g/mol. The number of fused-ring (bicyclic) bond motifs is 1. The molecule has 21 heavy (non-hydrogen) atoms. The van der Waals surface area contributed by atoms with E-state index in [0.717, 1.165) is 18.3 Å². The van der Waals surface area contributed by atoms with E-state index in [1.807, 2.05) is 0 Å². The molecule has 2 heterocycles. The lowest BCUT2D eigenvalue weighted by molar-refractivity contribution is -0.137. The number of pyridine rings is 1. The molecule has 0 bridgehead atoms. The Morgan fingerprint density at radius 1 is 1.05 bits per heavy atom. The van der Waals surface area contributed by atoms with Crippen molar-refractivity contribution in [1.29, 1.82) is 0 Å². The predicted molar refractivity (Wildman–Crippen MR) is 70.6 cm³/mol. The molecule has 2 aromatic heterocycles. The number of alkyl halides is 3. The van der Waals surface area contributed by atoms with Gasteiger partial charge in [0.15, 0.2) is 0 Å². The van der Waals surface area contributed by atoms with E-state index in [4.69, 9.17) is 11.6 Å². The summed E-state index contributed by atoms with van der Waals surface area (Å²) >= 11 is 5.66. The van der Waals surface area contributed by atoms with E-state index in [1.165, 1.54) is 28.8 Å². The summed E-state index contributed by atoms with van der Waals surface area (Å²) in [5.74, 6) is -0.582. The van der Waals surface area contributed by atoms with Crippen LogP contribution in [-0.4, -0.2) is 9.38 Å². The van der Waals surface area contributed by atoms with Crippen LogP contribution in [0.1, 0.15) is 5.56 Å². The summed E-state index contributed by atoms with van der Waals surface area (Å²) in [4.78, 5) is 4.11. The highest BCUT2D eigenvalue weighted by Crippen LogP contribution is 2.30. The molecule has 0 amide bonds. The Bertz CT molecular complexity index is 823. The molecule has 0 saturated carbocycles. The topological polar surface area (TPSA) is 17.3 Å². The molecule has 0 unspecified atom stereocenters. The van der Waals surface area contributed by atoms with Gasteiger partial charge in [0.25, 0.3) is 0 Å². The van der Waals surface area contributed by atoms with E-state index < -0.39 is 17.6 Å². The molecule has 0 aliphatic rings. The molecule has 0 spiro atoms. The lowest BCUT2D eigenvalue weighted by Gasteiger charge is -2.05. The largest absolute Gasteiger partial charge is 0.417 e. The van der Waals surface area contributed by atoms with E-state index in [1.54, 1.807) is 0 Å². The van der Waals surface area contributed by atoms with Crippen molar-refractivity contribution in [3.8, 4) is 11.3 Å². The first-order valence-electron chi connectivity index (χ1n) is 5.86. The smallest absolute Gasteiger partial charge is 0.306 e. The van der Waals surface area contributed by atoms with Crippen LogP contribution >= 0.6 is 11.6 Å². The lowest BCUT2D eigenvalue weighted by Crippen LogP contribution is -2.05. The van der Waals surface area contributed by atoms with Gasteiger partial charge in [-0.15, -0.1) is 0 Å². The van der Waals surface area contributed by atoms with Crippen molar-refractivity contribution in [2.45, 2.75) is 6.18 Å². The van der Waals surface area contributed by atoms with Gasteiger partial charge in [-0.05, 0) is 30.3 Å². The van der Waals surface area contributed by atoms with Gasteiger partial charge in [0.1, 0.15) is 11.5 Å². The summed E-state index contributed by atoms with van der Waals surface area (Å²) in [7, 11) is 0. The first-order valence-corrected chi connectivity index (χ1v) is 6.24. The Balaban J connectivity index is 2.13. The van der Waals surface area contributed by atoms with E-state index in [9.17, 15) is 17.6 Å². The Hall–Kier alpha value is -2.08. The van der Waals surface area contributed by atoms with Gasteiger partial charge in [-0.1, -0.05) is 11.6 Å². The second-order valence-electron chi connectivity index (χ2n) is 4.43. The SMILES string of the molecule is Fc1cc(Cl)ccc1-c1cn2cc(C(F)(F)F)ccc2n1. The predicted octanol–water partition coefficient (Wildman–Crippen LogP) is 4.81. The normalized spacial score (nSPS) is 12.0. The molecular formula is C14H7ClF4N2. The van der Waals surface area contributed by atoms with Gasteiger partial charge in [-0.2, -0.15) is 13.2 Å². The molecule has 108 valence electrons. The average Bonchev–Trinajstić information content (AvgIpc) is 2.79. The molecule has 3 rings (SSSR count). The molecule has 0 aliphatic carbocycles. The van der Waals surface area contributed by atoms with Crippen molar-refractivity contribution in [1.82, 2.24) is 9.38 Å². The minimum atomic E-state index is -4.44. The maximum absolute atomic E-state index is 13.8. The van der Waals surface area contributed by atoms with Crippen LogP contribution in [0.2, 0.25) is 5.02 Å². The molecule has 0 fully saturated rings. The van der Waals surface area contributed by atoms with Gasteiger partial charge in [0, 0.05) is 23.0 Å². The molecule has 7 heteroatoms. The standard InChI is InChI=1S/C14H7ClF4N2/c15-9-2-3-10(11(16)5-9)12-7-21-6-8(14(17,18)19)1-4-13(21)20-12/h1-7H. The zero-order valence-electron chi connectivity index (χ0n) is 10.3. The highest BCUT2D eigenvalue weighted by molar-refractivity contribution is 6.30. The van der Waals surface area contributed by atoms with E-state index in [0.29, 0.717) is 5.65 Å². The summed E-state index contributed by atoms with van der Waals surface area (Å²) < 4.78 is 53.0. The molecule has 0 atom stereocenters. The summed E-state index contributed by atoms with van der Waals surface area (Å²) in [5.41, 5.74) is -0.0805. The van der Waals surface area contributed by atoms with Crippen LogP contribution in [0.3, 0.4) is 0 Å². The Morgan fingerprint density at radius 3 is 2.48 bits per heavy atom. The van der Waals surface area contributed by atoms with Crippen molar-refractivity contribution >= 4 is 17.2 Å². The number of aromatic nitrogens is 2. The molecule has 1 aromatic carbocycles. The third-order valence-electron chi connectivity index (χ3n) is 2.99. The maximum atomic E-state index is 13.8. The number of benzene rings is 1. The minimum absolute atomic E-state index is 0.177. The molecule has 0 saturated heterocycles. The quantitative estimate of drug-likeness (QED) is 0.589. The average molecular weight is 315 g/mol. The zero-order chi connectivity index (χ0) is 15.2. The highest BCUT2D eigenvalue weighted by Gasteiger charge is 2.30. The molecule has 3 aromatic rings. The van der Waals surface area contributed by atoms with Gasteiger partial charge in [-0.3, -0.25) is 0 Å². The number of rotatable bonds is 1. The third-order valence-corrected chi connectivity index (χ3v) is 3.22. The van der Waals surface area contributed by atoms with Crippen molar-refractivity contribution in [2.75, 3.05) is 0 Å². The fourth-order valence-corrected chi connectivity index (χ4v) is 2.15. The maximum Gasteiger partial charge on any atom is 0.417 e. The number of halogens is 5. The van der Waals surface area contributed by atoms with Gasteiger partial charge in [-0.25, -0.2) is 9.37 Å². The van der Waals surface area contributed by atoms with E-state index in [2.05, 4.69) is 4.98 Å². The van der Waals surface area contributed by atoms with Crippen LogP contribution in [0.25, 0.3) is 16.9 Å². The van der Waals surface area contributed by atoms with E-state index in [-0.39, 0.29) is 16.3 Å². The number of hydrogen-bond donors (Lipinski definition) is 0. The van der Waals surface area contributed by atoms with Crippen LogP contribution in [-0.2, 0) is 6.18 Å². The second kappa shape index (κ2) is 4.73. The fraction of sp³-hybridized carbons (Fsp3) is 0.0714. The molecule has 2 nitrogen and oxygen atoms in total. The Kier molecular flexibility index (Phi) is 3.13. The summed E-state index contributed by atoms with van der Waals surface area (Å²) in [6, 6.07) is 6.22. The monoisotopic (exact) mass is 314 g/mol. The highest BCUT2D eigenvalue weighted by atomic mass is 35.5. The number of hydrogen-bond acceptors (Lipinski definition) is 1. The summed E-state index contributed by atoms with van der Waals surface area (Å²) in [6.45, 7) is 0. The fourth-order valence-electron chi connectivity index (χ4n) is 1.99. The van der Waals surface area contributed by atoms with Crippen LogP contribution in [0.15, 0.2) is 42.7 Å².